The Morgan fingerprint density at radius 2 is 1.74 bits per heavy atom. The molecule has 3 aliphatic rings. The molecule has 1 aromatic heterocycles. The Morgan fingerprint density at radius 1 is 0.974 bits per heavy atom. The molecule has 38 heavy (non-hydrogen) atoms. The minimum Gasteiger partial charge on any atom is -0.335 e. The van der Waals surface area contributed by atoms with Crippen molar-refractivity contribution in [3.63, 3.8) is 0 Å². The van der Waals surface area contributed by atoms with Gasteiger partial charge >= 0.3 is 0 Å². The Bertz CT molecular complexity index is 1430. The van der Waals surface area contributed by atoms with Crippen LogP contribution in [0.4, 0.5) is 5.69 Å². The molecule has 0 saturated carbocycles. The highest BCUT2D eigenvalue weighted by Crippen LogP contribution is 2.34. The number of carbonyl (C=O) groups excluding carboxylic acids is 2. The number of likely N-dealkylation sites (tertiary alicyclic amines) is 2. The molecule has 8 nitrogen and oxygen atoms in total. The molecule has 0 bridgehead atoms. The first-order valence-corrected chi connectivity index (χ1v) is 15.4. The maximum Gasteiger partial charge on any atom is 0.264 e. The number of Topliss-reactive ketones (excluding diaryl/α,β-unsaturated/α-hetero) is 1. The number of benzene rings is 2. The van der Waals surface area contributed by atoms with Gasteiger partial charge < -0.3 is 4.90 Å². The second kappa shape index (κ2) is 10.2. The Hall–Kier alpha value is -3.08. The number of amides is 1. The standard InChI is InChI=1S/C28H30N4O4S2/c33-26(27-29-12-16-37-27)20-10-14-30(15-11-20)23-18-31(19-23)28(34)22-8-9-25-21(17-22)5-4-13-32(25)38(35,36)24-6-2-1-3-7-24/h1-3,6-9,12,16-17,20,23H,4-5,10-11,13-15,18-19H2. The van der Waals surface area contributed by atoms with Gasteiger partial charge in [0.15, 0.2) is 10.8 Å². The van der Waals surface area contributed by atoms with Crippen LogP contribution >= 0.6 is 11.3 Å². The molecular formula is C28H30N4O4S2. The van der Waals surface area contributed by atoms with Crippen molar-refractivity contribution >= 4 is 38.7 Å². The van der Waals surface area contributed by atoms with Crippen LogP contribution in [0.1, 0.15) is 45.0 Å². The normalized spacial score (nSPS) is 19.2. The van der Waals surface area contributed by atoms with Crippen LogP contribution in [0, 0.1) is 5.92 Å². The van der Waals surface area contributed by atoms with Gasteiger partial charge in [-0.3, -0.25) is 18.8 Å². The number of hydrogen-bond donors (Lipinski definition) is 0. The molecule has 3 aromatic rings. The molecule has 198 valence electrons. The summed E-state index contributed by atoms with van der Waals surface area (Å²) in [5.41, 5.74) is 2.16. The lowest BCUT2D eigenvalue weighted by Crippen LogP contribution is -2.62. The molecule has 0 N–H and O–H groups in total. The number of thiazole rings is 1. The van der Waals surface area contributed by atoms with Crippen molar-refractivity contribution in [2.45, 2.75) is 36.6 Å². The fraction of sp³-hybridized carbons (Fsp3) is 0.393. The average molecular weight is 551 g/mol. The lowest BCUT2D eigenvalue weighted by Gasteiger charge is -2.47. The third-order valence-electron chi connectivity index (χ3n) is 7.94. The highest BCUT2D eigenvalue weighted by molar-refractivity contribution is 7.92. The number of aromatic nitrogens is 1. The molecule has 0 radical (unpaired) electrons. The Morgan fingerprint density at radius 3 is 2.45 bits per heavy atom. The Balaban J connectivity index is 1.07. The van der Waals surface area contributed by atoms with Crippen LogP contribution in [0.25, 0.3) is 0 Å². The van der Waals surface area contributed by atoms with Gasteiger partial charge in [-0.25, -0.2) is 13.4 Å². The van der Waals surface area contributed by atoms with E-state index in [1.807, 2.05) is 16.3 Å². The lowest BCUT2D eigenvalue weighted by atomic mass is 9.90. The van der Waals surface area contributed by atoms with Crippen molar-refractivity contribution in [1.82, 2.24) is 14.8 Å². The predicted octanol–water partition coefficient (Wildman–Crippen LogP) is 3.70. The largest absolute Gasteiger partial charge is 0.335 e. The van der Waals surface area contributed by atoms with Gasteiger partial charge in [0.1, 0.15) is 0 Å². The molecule has 0 aliphatic carbocycles. The molecule has 0 atom stereocenters. The quantitative estimate of drug-likeness (QED) is 0.435. The van der Waals surface area contributed by atoms with E-state index in [-0.39, 0.29) is 22.5 Å². The van der Waals surface area contributed by atoms with Gasteiger partial charge in [0, 0.05) is 48.7 Å². The maximum atomic E-state index is 13.3. The summed E-state index contributed by atoms with van der Waals surface area (Å²) in [6.07, 6.45) is 4.79. The number of carbonyl (C=O) groups is 2. The highest BCUT2D eigenvalue weighted by Gasteiger charge is 2.38. The first kappa shape index (κ1) is 25.2. The molecule has 0 spiro atoms. The summed E-state index contributed by atoms with van der Waals surface area (Å²) in [4.78, 5) is 34.5. The van der Waals surface area contributed by atoms with E-state index in [2.05, 4.69) is 9.88 Å². The minimum absolute atomic E-state index is 0.0130. The summed E-state index contributed by atoms with van der Waals surface area (Å²) < 4.78 is 28.0. The van der Waals surface area contributed by atoms with Crippen LogP contribution in [0.2, 0.25) is 0 Å². The first-order chi connectivity index (χ1) is 18.4. The molecular weight excluding hydrogens is 520 g/mol. The molecule has 6 rings (SSSR count). The van der Waals surface area contributed by atoms with E-state index in [0.717, 1.165) is 37.9 Å². The van der Waals surface area contributed by atoms with E-state index in [4.69, 9.17) is 0 Å². The maximum absolute atomic E-state index is 13.3. The molecule has 2 aromatic carbocycles. The summed E-state index contributed by atoms with van der Waals surface area (Å²) in [6, 6.07) is 14.2. The molecule has 4 heterocycles. The van der Waals surface area contributed by atoms with Gasteiger partial charge in [0.2, 0.25) is 0 Å². The summed E-state index contributed by atoms with van der Waals surface area (Å²) >= 11 is 1.41. The number of ketones is 1. The van der Waals surface area contributed by atoms with Crippen molar-refractivity contribution < 1.29 is 18.0 Å². The van der Waals surface area contributed by atoms with Gasteiger partial charge in [-0.2, -0.15) is 0 Å². The minimum atomic E-state index is -3.65. The second-order valence-corrected chi connectivity index (χ2v) is 13.0. The van der Waals surface area contributed by atoms with E-state index < -0.39 is 10.0 Å². The number of hydrogen-bond acceptors (Lipinski definition) is 7. The monoisotopic (exact) mass is 550 g/mol. The van der Waals surface area contributed by atoms with Gasteiger partial charge in [-0.1, -0.05) is 18.2 Å². The molecule has 1 amide bonds. The fourth-order valence-electron chi connectivity index (χ4n) is 5.75. The van der Waals surface area contributed by atoms with Crippen molar-refractivity contribution in [3.05, 3.63) is 76.2 Å². The van der Waals surface area contributed by atoms with Crippen LogP contribution < -0.4 is 4.31 Å². The third-order valence-corrected chi connectivity index (χ3v) is 10.6. The van der Waals surface area contributed by atoms with Crippen LogP contribution in [0.15, 0.2) is 65.0 Å². The zero-order valence-corrected chi connectivity index (χ0v) is 22.7. The zero-order valence-electron chi connectivity index (χ0n) is 21.0. The van der Waals surface area contributed by atoms with Crippen LogP contribution in [-0.4, -0.2) is 73.7 Å². The topological polar surface area (TPSA) is 90.9 Å². The fourth-order valence-corrected chi connectivity index (χ4v) is 7.96. The number of aryl methyl sites for hydroxylation is 1. The summed E-state index contributed by atoms with van der Waals surface area (Å²) in [7, 11) is -3.65. The molecule has 3 aliphatic heterocycles. The molecule has 2 fully saturated rings. The smallest absolute Gasteiger partial charge is 0.264 e. The predicted molar refractivity (Wildman–Crippen MR) is 146 cm³/mol. The van der Waals surface area contributed by atoms with E-state index in [1.54, 1.807) is 48.7 Å². The van der Waals surface area contributed by atoms with Crippen molar-refractivity contribution in [2.24, 2.45) is 5.92 Å². The lowest BCUT2D eigenvalue weighted by molar-refractivity contribution is 0.0150. The number of piperidine rings is 1. The number of fused-ring (bicyclic) bond motifs is 1. The van der Waals surface area contributed by atoms with Gasteiger partial charge in [-0.15, -0.1) is 11.3 Å². The van der Waals surface area contributed by atoms with Gasteiger partial charge in [0.05, 0.1) is 10.6 Å². The summed E-state index contributed by atoms with van der Waals surface area (Å²) in [5.74, 6) is 0.185. The molecule has 10 heteroatoms. The highest BCUT2D eigenvalue weighted by atomic mass is 32.2. The van der Waals surface area contributed by atoms with E-state index in [9.17, 15) is 18.0 Å². The molecule has 2 saturated heterocycles. The number of anilines is 1. The SMILES string of the molecule is O=C(c1nccs1)C1CCN(C2CN(C(=O)c3ccc4c(c3)CCCN4S(=O)(=O)c3ccccc3)C2)CC1. The van der Waals surface area contributed by atoms with E-state index in [1.165, 1.54) is 15.6 Å². The summed E-state index contributed by atoms with van der Waals surface area (Å²) in [5, 5.41) is 2.45. The van der Waals surface area contributed by atoms with Crippen LogP contribution in [-0.2, 0) is 16.4 Å². The van der Waals surface area contributed by atoms with Crippen LogP contribution in [0.3, 0.4) is 0 Å². The number of sulfonamides is 1. The van der Waals surface area contributed by atoms with Crippen molar-refractivity contribution in [1.29, 1.82) is 0 Å². The van der Waals surface area contributed by atoms with Gasteiger partial charge in [-0.05, 0) is 74.7 Å². The van der Waals surface area contributed by atoms with Gasteiger partial charge in [0.25, 0.3) is 15.9 Å². The number of nitrogens with zero attached hydrogens (tertiary/aromatic N) is 4. The van der Waals surface area contributed by atoms with Crippen LogP contribution in [0.5, 0.6) is 0 Å². The number of rotatable bonds is 6. The average Bonchev–Trinajstić information content (AvgIpc) is 3.47. The second-order valence-electron chi connectivity index (χ2n) is 10.2. The molecule has 0 unspecified atom stereocenters. The van der Waals surface area contributed by atoms with E-state index in [0.29, 0.717) is 48.4 Å². The van der Waals surface area contributed by atoms with E-state index >= 15 is 0 Å². The summed E-state index contributed by atoms with van der Waals surface area (Å²) in [6.45, 7) is 3.50. The van der Waals surface area contributed by atoms with Crippen molar-refractivity contribution in [2.75, 3.05) is 37.0 Å². The van der Waals surface area contributed by atoms with Crippen molar-refractivity contribution in [3.8, 4) is 0 Å². The Labute approximate surface area is 226 Å². The third kappa shape index (κ3) is 4.65. The Kier molecular flexibility index (Phi) is 6.79. The zero-order chi connectivity index (χ0) is 26.3. The first-order valence-electron chi connectivity index (χ1n) is 13.1.